The van der Waals surface area contributed by atoms with Crippen LogP contribution in [0.25, 0.3) is 6.08 Å². The number of amides is 1. The Balaban J connectivity index is 1.50. The summed E-state index contributed by atoms with van der Waals surface area (Å²) in [4.78, 5) is 14.7. The Morgan fingerprint density at radius 3 is 2.38 bits per heavy atom. The molecule has 0 spiro atoms. The fourth-order valence-corrected chi connectivity index (χ4v) is 3.73. The highest BCUT2D eigenvalue weighted by atomic mass is 16.1. The second kappa shape index (κ2) is 9.89. The largest absolute Gasteiger partial charge is 0.348 e. The Bertz CT molecular complexity index is 825. The number of likely N-dealkylation sites (tertiary alicyclic amines) is 1. The van der Waals surface area contributed by atoms with Crippen LogP contribution >= 0.6 is 0 Å². The van der Waals surface area contributed by atoms with E-state index in [9.17, 15) is 4.79 Å². The number of rotatable bonds is 6. The van der Waals surface area contributed by atoms with Gasteiger partial charge in [-0.05, 0) is 59.7 Å². The molecule has 1 amide bonds. The molecule has 3 heteroatoms. The molecule has 2 aromatic carbocycles. The maximum absolute atomic E-state index is 12.2. The molecule has 1 aliphatic rings. The Morgan fingerprint density at radius 2 is 1.69 bits per heavy atom. The van der Waals surface area contributed by atoms with Gasteiger partial charge < -0.3 is 5.32 Å². The Hall–Kier alpha value is -2.39. The summed E-state index contributed by atoms with van der Waals surface area (Å²) in [6, 6.07) is 17.0. The molecule has 3 nitrogen and oxygen atoms in total. The zero-order valence-electron chi connectivity index (χ0n) is 18.1. The molecule has 0 aromatic heterocycles. The molecular formula is C26H34N2O. The van der Waals surface area contributed by atoms with Crippen molar-refractivity contribution in [2.24, 2.45) is 0 Å². The van der Waals surface area contributed by atoms with E-state index in [2.05, 4.69) is 79.5 Å². The van der Waals surface area contributed by atoms with Crippen molar-refractivity contribution >= 4 is 12.0 Å². The van der Waals surface area contributed by atoms with Crippen molar-refractivity contribution in [3.05, 3.63) is 76.9 Å². The lowest BCUT2D eigenvalue weighted by Gasteiger charge is -2.26. The predicted molar refractivity (Wildman–Crippen MR) is 122 cm³/mol. The summed E-state index contributed by atoms with van der Waals surface area (Å²) in [5.41, 5.74) is 4.95. The van der Waals surface area contributed by atoms with Crippen molar-refractivity contribution < 1.29 is 4.79 Å². The molecule has 1 heterocycles. The minimum atomic E-state index is -0.0636. The van der Waals surface area contributed by atoms with E-state index in [1.165, 1.54) is 43.5 Å². The lowest BCUT2D eigenvalue weighted by molar-refractivity contribution is -0.116. The third-order valence-electron chi connectivity index (χ3n) is 5.52. The molecule has 29 heavy (non-hydrogen) atoms. The van der Waals surface area contributed by atoms with Gasteiger partial charge in [0, 0.05) is 19.2 Å². The van der Waals surface area contributed by atoms with Crippen LogP contribution in [0.2, 0.25) is 0 Å². The molecule has 2 aromatic rings. The first-order chi connectivity index (χ1) is 13.9. The fraction of sp³-hybridized carbons (Fsp3) is 0.423. The average molecular weight is 391 g/mol. The monoisotopic (exact) mass is 390 g/mol. The van der Waals surface area contributed by atoms with Crippen LogP contribution in [0.5, 0.6) is 0 Å². The zero-order valence-corrected chi connectivity index (χ0v) is 18.1. The van der Waals surface area contributed by atoms with Crippen LogP contribution < -0.4 is 5.32 Å². The summed E-state index contributed by atoms with van der Waals surface area (Å²) in [6.07, 6.45) is 7.46. The molecule has 154 valence electrons. The van der Waals surface area contributed by atoms with Gasteiger partial charge >= 0.3 is 0 Å². The lowest BCUT2D eigenvalue weighted by atomic mass is 9.87. The van der Waals surface area contributed by atoms with Gasteiger partial charge in [0.2, 0.25) is 5.91 Å². The highest BCUT2D eigenvalue weighted by molar-refractivity contribution is 5.91. The van der Waals surface area contributed by atoms with Crippen LogP contribution in [0.3, 0.4) is 0 Å². The van der Waals surface area contributed by atoms with Crippen LogP contribution in [0.4, 0.5) is 0 Å². The standard InChI is InChI=1S/C26H34N2O/c1-26(2,3)24-13-10-21(11-14-24)12-15-25(29)27-19-22-8-7-9-23(18-22)20-28-16-5-4-6-17-28/h7-15,18H,4-6,16-17,19-20H2,1-3H3,(H,27,29)/b15-12+. The Morgan fingerprint density at radius 1 is 1.00 bits per heavy atom. The number of benzene rings is 2. The van der Waals surface area contributed by atoms with Gasteiger partial charge in [0.05, 0.1) is 0 Å². The summed E-state index contributed by atoms with van der Waals surface area (Å²) in [6.45, 7) is 10.6. The number of nitrogens with one attached hydrogen (secondary N) is 1. The van der Waals surface area contributed by atoms with Crippen LogP contribution in [-0.4, -0.2) is 23.9 Å². The number of hydrogen-bond acceptors (Lipinski definition) is 2. The van der Waals surface area contributed by atoms with E-state index in [1.807, 2.05) is 6.08 Å². The summed E-state index contributed by atoms with van der Waals surface area (Å²) in [7, 11) is 0. The molecule has 3 rings (SSSR count). The van der Waals surface area contributed by atoms with Gasteiger partial charge in [0.15, 0.2) is 0 Å². The van der Waals surface area contributed by atoms with E-state index in [-0.39, 0.29) is 11.3 Å². The molecule has 0 saturated carbocycles. The second-order valence-corrected chi connectivity index (χ2v) is 9.08. The molecular weight excluding hydrogens is 356 g/mol. The molecule has 0 bridgehead atoms. The van der Waals surface area contributed by atoms with E-state index in [1.54, 1.807) is 6.08 Å². The number of carbonyl (C=O) groups is 1. The highest BCUT2D eigenvalue weighted by Gasteiger charge is 2.12. The number of carbonyl (C=O) groups excluding carboxylic acids is 1. The van der Waals surface area contributed by atoms with Gasteiger partial charge in [0.25, 0.3) is 0 Å². The predicted octanol–water partition coefficient (Wildman–Crippen LogP) is 5.30. The van der Waals surface area contributed by atoms with Gasteiger partial charge in [0.1, 0.15) is 0 Å². The maximum Gasteiger partial charge on any atom is 0.244 e. The van der Waals surface area contributed by atoms with Gasteiger partial charge in [-0.1, -0.05) is 75.7 Å². The molecule has 0 aliphatic carbocycles. The summed E-state index contributed by atoms with van der Waals surface area (Å²) in [5, 5.41) is 3.00. The van der Waals surface area contributed by atoms with Gasteiger partial charge in [-0.15, -0.1) is 0 Å². The van der Waals surface area contributed by atoms with Crippen molar-refractivity contribution in [3.8, 4) is 0 Å². The summed E-state index contributed by atoms with van der Waals surface area (Å²) in [5.74, 6) is -0.0636. The molecule has 1 fully saturated rings. The normalized spacial score (nSPS) is 15.6. The van der Waals surface area contributed by atoms with Gasteiger partial charge in [-0.25, -0.2) is 0 Å². The highest BCUT2D eigenvalue weighted by Crippen LogP contribution is 2.22. The molecule has 1 aliphatic heterocycles. The number of piperidine rings is 1. The smallest absolute Gasteiger partial charge is 0.244 e. The molecule has 1 N–H and O–H groups in total. The van der Waals surface area contributed by atoms with Crippen molar-refractivity contribution in [2.45, 2.75) is 58.5 Å². The van der Waals surface area contributed by atoms with E-state index in [0.29, 0.717) is 6.54 Å². The van der Waals surface area contributed by atoms with Crippen LogP contribution in [0.15, 0.2) is 54.6 Å². The van der Waals surface area contributed by atoms with E-state index in [0.717, 1.165) is 17.7 Å². The van der Waals surface area contributed by atoms with Gasteiger partial charge in [-0.3, -0.25) is 9.69 Å². The van der Waals surface area contributed by atoms with Crippen LogP contribution in [0.1, 0.15) is 62.3 Å². The minimum absolute atomic E-state index is 0.0636. The minimum Gasteiger partial charge on any atom is -0.348 e. The maximum atomic E-state index is 12.2. The Kier molecular flexibility index (Phi) is 7.27. The zero-order chi connectivity index (χ0) is 20.7. The fourth-order valence-electron chi connectivity index (χ4n) is 3.73. The molecule has 1 saturated heterocycles. The second-order valence-electron chi connectivity index (χ2n) is 9.08. The third-order valence-corrected chi connectivity index (χ3v) is 5.52. The van der Waals surface area contributed by atoms with Crippen molar-refractivity contribution in [3.63, 3.8) is 0 Å². The molecule has 0 atom stereocenters. The average Bonchev–Trinajstić information content (AvgIpc) is 2.71. The van der Waals surface area contributed by atoms with E-state index < -0.39 is 0 Å². The van der Waals surface area contributed by atoms with Crippen LogP contribution in [0, 0.1) is 0 Å². The topological polar surface area (TPSA) is 32.3 Å². The van der Waals surface area contributed by atoms with Crippen molar-refractivity contribution in [1.82, 2.24) is 10.2 Å². The van der Waals surface area contributed by atoms with E-state index >= 15 is 0 Å². The lowest BCUT2D eigenvalue weighted by Crippen LogP contribution is -2.29. The van der Waals surface area contributed by atoms with Crippen LogP contribution in [-0.2, 0) is 23.3 Å². The van der Waals surface area contributed by atoms with Gasteiger partial charge in [-0.2, -0.15) is 0 Å². The van der Waals surface area contributed by atoms with E-state index in [4.69, 9.17) is 0 Å². The first-order valence-electron chi connectivity index (χ1n) is 10.8. The summed E-state index contributed by atoms with van der Waals surface area (Å²) >= 11 is 0. The third kappa shape index (κ3) is 6.86. The Labute approximate surface area is 175 Å². The van der Waals surface area contributed by atoms with Crippen molar-refractivity contribution in [1.29, 1.82) is 0 Å². The molecule has 0 unspecified atom stereocenters. The first-order valence-corrected chi connectivity index (χ1v) is 10.8. The quantitative estimate of drug-likeness (QED) is 0.679. The number of hydrogen-bond donors (Lipinski definition) is 1. The SMILES string of the molecule is CC(C)(C)c1ccc(/C=C/C(=O)NCc2cccc(CN3CCCCC3)c2)cc1. The molecule has 0 radical (unpaired) electrons. The number of nitrogens with zero attached hydrogens (tertiary/aromatic N) is 1. The summed E-state index contributed by atoms with van der Waals surface area (Å²) < 4.78 is 0. The first kappa shape index (κ1) is 21.3. The van der Waals surface area contributed by atoms with Crippen molar-refractivity contribution in [2.75, 3.05) is 13.1 Å².